The van der Waals surface area contributed by atoms with Crippen molar-refractivity contribution in [1.82, 2.24) is 0 Å². The standard InChI is InChI=1S/C23H34O3S/c1-2-3-4-5-6-7-8-9-10-11-12-13-20-14-15-22-19-23(26-27(24)25)17-16-21(22)18-20/h14-19,27H,2-13H2,1H3. The highest BCUT2D eigenvalue weighted by molar-refractivity contribution is 7.67. The van der Waals surface area contributed by atoms with E-state index in [2.05, 4.69) is 19.1 Å². The number of benzene rings is 2. The quantitative estimate of drug-likeness (QED) is 0.292. The van der Waals surface area contributed by atoms with Crippen molar-refractivity contribution in [2.24, 2.45) is 0 Å². The second-order valence-corrected chi connectivity index (χ2v) is 8.07. The first-order chi connectivity index (χ1) is 13.2. The molecule has 150 valence electrons. The van der Waals surface area contributed by atoms with Crippen LogP contribution in [0, 0.1) is 0 Å². The van der Waals surface area contributed by atoms with Crippen molar-refractivity contribution in [3.63, 3.8) is 0 Å². The zero-order chi connectivity index (χ0) is 19.3. The minimum absolute atomic E-state index is 0.372. The van der Waals surface area contributed by atoms with E-state index >= 15 is 0 Å². The van der Waals surface area contributed by atoms with Crippen LogP contribution in [0.25, 0.3) is 10.8 Å². The normalized spacial score (nSPS) is 11.3. The fraction of sp³-hybridized carbons (Fsp3) is 0.565. The molecule has 0 fully saturated rings. The van der Waals surface area contributed by atoms with E-state index in [1.165, 1.54) is 76.2 Å². The molecule has 4 heteroatoms. The second kappa shape index (κ2) is 12.8. The molecule has 2 aromatic rings. The van der Waals surface area contributed by atoms with Gasteiger partial charge >= 0.3 is 0 Å². The van der Waals surface area contributed by atoms with Crippen LogP contribution in [0.5, 0.6) is 5.75 Å². The summed E-state index contributed by atoms with van der Waals surface area (Å²) in [6, 6.07) is 11.8. The number of hydrogen-bond donors (Lipinski definition) is 1. The number of aryl methyl sites for hydroxylation is 1. The third kappa shape index (κ3) is 8.79. The summed E-state index contributed by atoms with van der Waals surface area (Å²) < 4.78 is 26.1. The Balaban J connectivity index is 1.62. The predicted molar refractivity (Wildman–Crippen MR) is 115 cm³/mol. The highest BCUT2D eigenvalue weighted by Crippen LogP contribution is 2.23. The van der Waals surface area contributed by atoms with Gasteiger partial charge in [0, 0.05) is 0 Å². The van der Waals surface area contributed by atoms with E-state index in [9.17, 15) is 8.42 Å². The Kier molecular flexibility index (Phi) is 10.3. The van der Waals surface area contributed by atoms with E-state index in [1.54, 1.807) is 12.1 Å². The van der Waals surface area contributed by atoms with Gasteiger partial charge in [-0.1, -0.05) is 95.4 Å². The van der Waals surface area contributed by atoms with Crippen molar-refractivity contribution in [2.75, 3.05) is 0 Å². The topological polar surface area (TPSA) is 43.4 Å². The average molecular weight is 391 g/mol. The fourth-order valence-electron chi connectivity index (χ4n) is 3.56. The van der Waals surface area contributed by atoms with Crippen LogP contribution in [0.15, 0.2) is 36.4 Å². The molecule has 0 radical (unpaired) electrons. The Labute approximate surface area is 166 Å². The zero-order valence-corrected chi connectivity index (χ0v) is 17.5. The van der Waals surface area contributed by atoms with Crippen LogP contribution < -0.4 is 4.18 Å². The molecular formula is C23H34O3S. The third-order valence-corrected chi connectivity index (χ3v) is 5.48. The Morgan fingerprint density at radius 2 is 1.26 bits per heavy atom. The summed E-state index contributed by atoms with van der Waals surface area (Å²) in [7, 11) is -2.86. The summed E-state index contributed by atoms with van der Waals surface area (Å²) in [6.45, 7) is 2.27. The number of rotatable bonds is 14. The number of hydrogen-bond acceptors (Lipinski definition) is 3. The van der Waals surface area contributed by atoms with Crippen LogP contribution in [-0.2, 0) is 17.4 Å². The molecule has 0 saturated heterocycles. The molecule has 3 nitrogen and oxygen atoms in total. The number of thiol groups is 1. The summed E-state index contributed by atoms with van der Waals surface area (Å²) >= 11 is 0. The molecule has 0 aliphatic heterocycles. The lowest BCUT2D eigenvalue weighted by Crippen LogP contribution is -1.90. The van der Waals surface area contributed by atoms with E-state index in [1.807, 2.05) is 12.1 Å². The highest BCUT2D eigenvalue weighted by Gasteiger charge is 2.01. The van der Waals surface area contributed by atoms with Crippen LogP contribution in [0.1, 0.15) is 83.1 Å². The largest absolute Gasteiger partial charge is 0.384 e. The molecule has 0 heterocycles. The molecule has 2 rings (SSSR count). The van der Waals surface area contributed by atoms with Gasteiger partial charge < -0.3 is 4.18 Å². The summed E-state index contributed by atoms with van der Waals surface area (Å²) in [6.07, 6.45) is 16.1. The molecule has 0 amide bonds. The molecular weight excluding hydrogens is 356 g/mol. The Hall–Kier alpha value is -1.55. The Bertz CT molecular complexity index is 744. The lowest BCUT2D eigenvalue weighted by molar-refractivity contribution is 0.511. The lowest BCUT2D eigenvalue weighted by atomic mass is 10.0. The van der Waals surface area contributed by atoms with Gasteiger partial charge in [-0.15, -0.1) is 0 Å². The van der Waals surface area contributed by atoms with Crippen LogP contribution >= 0.6 is 0 Å². The number of fused-ring (bicyclic) bond motifs is 1. The minimum atomic E-state index is -2.86. The van der Waals surface area contributed by atoms with Crippen LogP contribution in [0.4, 0.5) is 0 Å². The third-order valence-electron chi connectivity index (χ3n) is 5.13. The highest BCUT2D eigenvalue weighted by atomic mass is 32.2. The maximum atomic E-state index is 10.7. The van der Waals surface area contributed by atoms with Gasteiger partial charge in [-0.25, -0.2) is 0 Å². The molecule has 27 heavy (non-hydrogen) atoms. The molecule has 2 aromatic carbocycles. The molecule has 0 atom stereocenters. The van der Waals surface area contributed by atoms with Gasteiger partial charge in [0.15, 0.2) is 0 Å². The fourth-order valence-corrected chi connectivity index (χ4v) is 3.85. The van der Waals surface area contributed by atoms with E-state index in [0.29, 0.717) is 5.75 Å². The van der Waals surface area contributed by atoms with E-state index in [-0.39, 0.29) is 0 Å². The maximum Gasteiger partial charge on any atom is 0.299 e. The monoisotopic (exact) mass is 390 g/mol. The van der Waals surface area contributed by atoms with Crippen LogP contribution in [0.3, 0.4) is 0 Å². The van der Waals surface area contributed by atoms with Crippen molar-refractivity contribution in [2.45, 2.75) is 84.0 Å². The molecule has 0 saturated carbocycles. The van der Waals surface area contributed by atoms with Gasteiger partial charge in [-0.2, -0.15) is 8.42 Å². The first-order valence-corrected chi connectivity index (χ1v) is 11.6. The lowest BCUT2D eigenvalue weighted by Gasteiger charge is -2.06. The van der Waals surface area contributed by atoms with Crippen molar-refractivity contribution in [1.29, 1.82) is 0 Å². The van der Waals surface area contributed by atoms with E-state index in [0.717, 1.165) is 17.2 Å². The van der Waals surface area contributed by atoms with Gasteiger partial charge in [0.25, 0.3) is 11.0 Å². The summed E-state index contributed by atoms with van der Waals surface area (Å²) in [4.78, 5) is 0. The SMILES string of the molecule is CCCCCCCCCCCCCc1ccc2cc(O[SH](=O)=O)ccc2c1. The molecule has 0 bridgehead atoms. The summed E-state index contributed by atoms with van der Waals surface area (Å²) in [5.74, 6) is 0.372. The summed E-state index contributed by atoms with van der Waals surface area (Å²) in [5, 5.41) is 2.14. The Morgan fingerprint density at radius 1 is 0.704 bits per heavy atom. The minimum Gasteiger partial charge on any atom is -0.384 e. The van der Waals surface area contributed by atoms with E-state index < -0.39 is 11.0 Å². The van der Waals surface area contributed by atoms with Crippen molar-refractivity contribution in [3.05, 3.63) is 42.0 Å². The first-order valence-electron chi connectivity index (χ1n) is 10.5. The predicted octanol–water partition coefficient (Wildman–Crippen LogP) is 6.60. The van der Waals surface area contributed by atoms with Gasteiger partial charge in [0.1, 0.15) is 5.75 Å². The Morgan fingerprint density at radius 3 is 1.89 bits per heavy atom. The zero-order valence-electron chi connectivity index (χ0n) is 16.6. The smallest absolute Gasteiger partial charge is 0.299 e. The van der Waals surface area contributed by atoms with Crippen LogP contribution in [-0.4, -0.2) is 8.42 Å². The van der Waals surface area contributed by atoms with Crippen molar-refractivity contribution < 1.29 is 12.6 Å². The van der Waals surface area contributed by atoms with Crippen molar-refractivity contribution >= 4 is 21.8 Å². The van der Waals surface area contributed by atoms with Gasteiger partial charge in [0.2, 0.25) is 0 Å². The molecule has 0 N–H and O–H groups in total. The molecule has 0 aliphatic rings. The molecule has 0 aliphatic carbocycles. The summed E-state index contributed by atoms with van der Waals surface area (Å²) in [5.41, 5.74) is 1.35. The van der Waals surface area contributed by atoms with Crippen molar-refractivity contribution in [3.8, 4) is 5.75 Å². The average Bonchev–Trinajstić information content (AvgIpc) is 2.65. The van der Waals surface area contributed by atoms with Gasteiger partial charge in [-0.3, -0.25) is 0 Å². The molecule has 0 aromatic heterocycles. The second-order valence-electron chi connectivity index (χ2n) is 7.44. The van der Waals surface area contributed by atoms with Gasteiger partial charge in [-0.05, 0) is 41.3 Å². The molecule has 0 unspecified atom stereocenters. The van der Waals surface area contributed by atoms with Crippen LogP contribution in [0.2, 0.25) is 0 Å². The van der Waals surface area contributed by atoms with E-state index in [4.69, 9.17) is 4.18 Å². The maximum absolute atomic E-state index is 10.7. The molecule has 0 spiro atoms. The first kappa shape index (κ1) is 21.7. The van der Waals surface area contributed by atoms with Gasteiger partial charge in [0.05, 0.1) is 0 Å². The number of unbranched alkanes of at least 4 members (excludes halogenated alkanes) is 10.